The average molecular weight is 350 g/mol. The molecule has 0 radical (unpaired) electrons. The number of hydrogen-bond acceptors (Lipinski definition) is 5. The van der Waals surface area contributed by atoms with E-state index in [0.29, 0.717) is 23.6 Å². The van der Waals surface area contributed by atoms with Crippen LogP contribution in [0.4, 0.5) is 17.1 Å². The monoisotopic (exact) mass is 349 g/mol. The van der Waals surface area contributed by atoms with Gasteiger partial charge in [0.05, 0.1) is 27.9 Å². The smallest absolute Gasteiger partial charge is 0.271 e. The number of carbonyl (C=O) groups excluding carboxylic acids is 1. The van der Waals surface area contributed by atoms with E-state index in [-0.39, 0.29) is 16.4 Å². The summed E-state index contributed by atoms with van der Waals surface area (Å²) in [5.41, 5.74) is 6.67. The van der Waals surface area contributed by atoms with Crippen LogP contribution >= 0.6 is 11.6 Å². The van der Waals surface area contributed by atoms with Crippen LogP contribution < -0.4 is 15.8 Å². The zero-order valence-corrected chi connectivity index (χ0v) is 13.7. The van der Waals surface area contributed by atoms with E-state index in [2.05, 4.69) is 5.32 Å². The molecular formula is C16H16ClN3O4. The Morgan fingerprint density at radius 1 is 1.33 bits per heavy atom. The van der Waals surface area contributed by atoms with E-state index in [9.17, 15) is 14.9 Å². The average Bonchev–Trinajstić information content (AvgIpc) is 2.55. The van der Waals surface area contributed by atoms with Crippen LogP contribution in [0, 0.1) is 10.1 Å². The molecule has 7 nitrogen and oxygen atoms in total. The van der Waals surface area contributed by atoms with Crippen LogP contribution in [0.15, 0.2) is 36.4 Å². The van der Waals surface area contributed by atoms with E-state index < -0.39 is 10.8 Å². The number of nitrogens with zero attached hydrogens (tertiary/aromatic N) is 1. The van der Waals surface area contributed by atoms with Crippen LogP contribution in [0.5, 0.6) is 5.75 Å². The van der Waals surface area contributed by atoms with Crippen molar-refractivity contribution in [2.24, 2.45) is 0 Å². The molecule has 0 saturated carbocycles. The van der Waals surface area contributed by atoms with Gasteiger partial charge in [-0.15, -0.1) is 0 Å². The van der Waals surface area contributed by atoms with Crippen LogP contribution in [-0.4, -0.2) is 17.4 Å². The fourth-order valence-electron chi connectivity index (χ4n) is 1.95. The highest BCUT2D eigenvalue weighted by Gasteiger charge is 2.14. The van der Waals surface area contributed by atoms with E-state index in [1.165, 1.54) is 24.3 Å². The van der Waals surface area contributed by atoms with Gasteiger partial charge in [-0.2, -0.15) is 0 Å². The predicted octanol–water partition coefficient (Wildman–Crippen LogP) is 3.87. The molecule has 0 saturated heterocycles. The highest BCUT2D eigenvalue weighted by molar-refractivity contribution is 6.34. The molecule has 0 unspecified atom stereocenters. The molecule has 0 aliphatic carbocycles. The second-order valence-corrected chi connectivity index (χ2v) is 5.38. The number of nitrogens with two attached hydrogens (primary N) is 1. The Labute approximate surface area is 143 Å². The lowest BCUT2D eigenvalue weighted by atomic mass is 10.1. The number of nitrogen functional groups attached to an aromatic ring is 1. The number of non-ortho nitro benzene ring substituents is 1. The lowest BCUT2D eigenvalue weighted by Gasteiger charge is -2.10. The van der Waals surface area contributed by atoms with Gasteiger partial charge >= 0.3 is 0 Å². The molecule has 0 bridgehead atoms. The van der Waals surface area contributed by atoms with Crippen LogP contribution in [0.3, 0.4) is 0 Å². The summed E-state index contributed by atoms with van der Waals surface area (Å²) in [6, 6.07) is 8.51. The van der Waals surface area contributed by atoms with Crippen molar-refractivity contribution < 1.29 is 14.5 Å². The summed E-state index contributed by atoms with van der Waals surface area (Å²) in [6.07, 6.45) is 0.848. The van der Waals surface area contributed by atoms with Gasteiger partial charge in [-0.1, -0.05) is 18.5 Å². The minimum Gasteiger partial charge on any atom is -0.491 e. The molecule has 2 aromatic carbocycles. The maximum Gasteiger partial charge on any atom is 0.271 e. The van der Waals surface area contributed by atoms with Crippen LogP contribution in [0.2, 0.25) is 5.02 Å². The van der Waals surface area contributed by atoms with E-state index in [1.54, 1.807) is 12.1 Å². The summed E-state index contributed by atoms with van der Waals surface area (Å²) in [5.74, 6) is 0.0845. The number of nitro benzene ring substituents is 1. The molecular weight excluding hydrogens is 334 g/mol. The Hall–Kier alpha value is -2.80. The van der Waals surface area contributed by atoms with Crippen LogP contribution in [0.1, 0.15) is 23.7 Å². The Balaban J connectivity index is 2.15. The Kier molecular flexibility index (Phi) is 5.59. The largest absolute Gasteiger partial charge is 0.491 e. The summed E-state index contributed by atoms with van der Waals surface area (Å²) >= 11 is 5.95. The number of hydrogen-bond donors (Lipinski definition) is 2. The second-order valence-electron chi connectivity index (χ2n) is 4.98. The van der Waals surface area contributed by atoms with Gasteiger partial charge in [0.2, 0.25) is 0 Å². The quantitative estimate of drug-likeness (QED) is 0.467. The standard InChI is InChI=1S/C16H16ClN3O4/c1-2-7-24-15-6-3-10(8-13(15)18)16(21)19-14-5-4-11(20(22)23)9-12(14)17/h3-6,8-9H,2,7,18H2,1H3,(H,19,21). The van der Waals surface area contributed by atoms with Gasteiger partial charge in [0.15, 0.2) is 0 Å². The topological polar surface area (TPSA) is 107 Å². The summed E-state index contributed by atoms with van der Waals surface area (Å²) in [4.78, 5) is 22.4. The Morgan fingerprint density at radius 2 is 2.08 bits per heavy atom. The summed E-state index contributed by atoms with van der Waals surface area (Å²) in [5, 5.41) is 13.4. The number of halogens is 1. The van der Waals surface area contributed by atoms with Crippen molar-refractivity contribution in [3.05, 3.63) is 57.1 Å². The first kappa shape index (κ1) is 17.6. The summed E-state index contributed by atoms with van der Waals surface area (Å²) < 4.78 is 5.45. The Morgan fingerprint density at radius 3 is 2.67 bits per heavy atom. The zero-order chi connectivity index (χ0) is 17.7. The molecule has 3 N–H and O–H groups in total. The molecule has 24 heavy (non-hydrogen) atoms. The van der Waals surface area contributed by atoms with Gasteiger partial charge in [-0.3, -0.25) is 14.9 Å². The lowest BCUT2D eigenvalue weighted by Crippen LogP contribution is -2.13. The second kappa shape index (κ2) is 7.65. The van der Waals surface area contributed by atoms with Gasteiger partial charge in [0.25, 0.3) is 11.6 Å². The van der Waals surface area contributed by atoms with E-state index >= 15 is 0 Å². The first-order valence-electron chi connectivity index (χ1n) is 7.20. The first-order valence-corrected chi connectivity index (χ1v) is 7.57. The van der Waals surface area contributed by atoms with Crippen molar-refractivity contribution in [1.29, 1.82) is 0 Å². The van der Waals surface area contributed by atoms with Crippen molar-refractivity contribution in [3.8, 4) is 5.75 Å². The molecule has 0 aliphatic rings. The van der Waals surface area contributed by atoms with E-state index in [0.717, 1.165) is 6.42 Å². The maximum atomic E-state index is 12.3. The number of nitro groups is 1. The van der Waals surface area contributed by atoms with Crippen LogP contribution in [0.25, 0.3) is 0 Å². The fourth-order valence-corrected chi connectivity index (χ4v) is 2.17. The highest BCUT2D eigenvalue weighted by atomic mass is 35.5. The Bertz CT molecular complexity index is 780. The van der Waals surface area contributed by atoms with Gasteiger partial charge in [0.1, 0.15) is 5.75 Å². The molecule has 2 aromatic rings. The number of benzene rings is 2. The molecule has 126 valence electrons. The van der Waals surface area contributed by atoms with Gasteiger partial charge in [-0.05, 0) is 30.7 Å². The van der Waals surface area contributed by atoms with E-state index in [4.69, 9.17) is 22.1 Å². The van der Waals surface area contributed by atoms with Crippen molar-refractivity contribution in [2.45, 2.75) is 13.3 Å². The highest BCUT2D eigenvalue weighted by Crippen LogP contribution is 2.28. The van der Waals surface area contributed by atoms with E-state index in [1.807, 2.05) is 6.92 Å². The first-order chi connectivity index (χ1) is 11.4. The number of nitrogens with one attached hydrogen (secondary N) is 1. The summed E-state index contributed by atoms with van der Waals surface area (Å²) in [7, 11) is 0. The number of anilines is 2. The molecule has 0 spiro atoms. The minimum atomic E-state index is -0.562. The van der Waals surface area contributed by atoms with Gasteiger partial charge < -0.3 is 15.8 Å². The molecule has 8 heteroatoms. The minimum absolute atomic E-state index is 0.0772. The zero-order valence-electron chi connectivity index (χ0n) is 12.9. The number of ether oxygens (including phenoxy) is 1. The van der Waals surface area contributed by atoms with Crippen LogP contribution in [-0.2, 0) is 0 Å². The lowest BCUT2D eigenvalue weighted by molar-refractivity contribution is -0.384. The summed E-state index contributed by atoms with van der Waals surface area (Å²) in [6.45, 7) is 2.51. The molecule has 0 aliphatic heterocycles. The third-order valence-corrected chi connectivity index (χ3v) is 3.46. The van der Waals surface area contributed by atoms with Crippen molar-refractivity contribution >= 4 is 34.6 Å². The SMILES string of the molecule is CCCOc1ccc(C(=O)Nc2ccc([N+](=O)[O-])cc2Cl)cc1N. The maximum absolute atomic E-state index is 12.3. The van der Waals surface area contributed by atoms with Crippen molar-refractivity contribution in [1.82, 2.24) is 0 Å². The number of amides is 1. The molecule has 0 atom stereocenters. The molecule has 2 rings (SSSR count). The number of rotatable bonds is 6. The fraction of sp³-hybridized carbons (Fsp3) is 0.188. The predicted molar refractivity (Wildman–Crippen MR) is 92.7 cm³/mol. The van der Waals surface area contributed by atoms with Crippen molar-refractivity contribution in [3.63, 3.8) is 0 Å². The third kappa shape index (κ3) is 4.14. The van der Waals surface area contributed by atoms with Crippen molar-refractivity contribution in [2.75, 3.05) is 17.7 Å². The third-order valence-electron chi connectivity index (χ3n) is 3.15. The molecule has 0 fully saturated rings. The molecule has 1 amide bonds. The normalized spacial score (nSPS) is 10.2. The number of carbonyl (C=O) groups is 1. The molecule has 0 aromatic heterocycles. The molecule has 0 heterocycles. The van der Waals surface area contributed by atoms with Gasteiger partial charge in [-0.25, -0.2) is 0 Å². The van der Waals surface area contributed by atoms with Gasteiger partial charge in [0, 0.05) is 17.7 Å².